The molecule has 1 saturated heterocycles. The fourth-order valence-corrected chi connectivity index (χ4v) is 6.99. The van der Waals surface area contributed by atoms with E-state index < -0.39 is 5.82 Å². The maximum absolute atomic E-state index is 14.9. The first kappa shape index (κ1) is 22.5. The Morgan fingerprint density at radius 1 is 1.14 bits per heavy atom. The van der Waals surface area contributed by atoms with E-state index in [0.717, 1.165) is 61.3 Å². The molecular formula is C26H29FN6OS. The van der Waals surface area contributed by atoms with E-state index in [2.05, 4.69) is 38.3 Å². The molecule has 2 aliphatic heterocycles. The molecule has 3 aromatic rings. The predicted molar refractivity (Wildman–Crippen MR) is 135 cm³/mol. The van der Waals surface area contributed by atoms with Crippen molar-refractivity contribution in [3.05, 3.63) is 51.9 Å². The van der Waals surface area contributed by atoms with Gasteiger partial charge in [0.05, 0.1) is 16.6 Å². The van der Waals surface area contributed by atoms with E-state index in [1.54, 1.807) is 4.90 Å². The van der Waals surface area contributed by atoms with E-state index in [9.17, 15) is 9.18 Å². The van der Waals surface area contributed by atoms with E-state index in [1.807, 2.05) is 26.2 Å². The second-order valence-corrected chi connectivity index (χ2v) is 11.3. The van der Waals surface area contributed by atoms with Gasteiger partial charge in [-0.1, -0.05) is 6.07 Å². The van der Waals surface area contributed by atoms with Crippen LogP contribution in [0.3, 0.4) is 0 Å². The summed E-state index contributed by atoms with van der Waals surface area (Å²) in [5, 5.41) is 3.13. The number of hydrogen-bond acceptors (Lipinski definition) is 7. The number of pyridine rings is 1. The normalized spacial score (nSPS) is 19.8. The molecule has 9 heteroatoms. The first-order chi connectivity index (χ1) is 16.8. The molecule has 3 aromatic heterocycles. The van der Waals surface area contributed by atoms with E-state index in [1.165, 1.54) is 23.1 Å². The van der Waals surface area contributed by atoms with E-state index in [4.69, 9.17) is 0 Å². The molecule has 3 aliphatic rings. The Bertz CT molecular complexity index is 1290. The molecule has 0 bridgehead atoms. The number of carbonyl (C=O) groups excluding carboxylic acids is 1. The van der Waals surface area contributed by atoms with E-state index >= 15 is 0 Å². The molecule has 1 aliphatic carbocycles. The Morgan fingerprint density at radius 2 is 1.91 bits per heavy atom. The highest BCUT2D eigenvalue weighted by molar-refractivity contribution is 7.16. The third-order valence-electron chi connectivity index (χ3n) is 7.76. The molecular weight excluding hydrogens is 463 g/mol. The number of nitrogens with one attached hydrogen (secondary N) is 1. The van der Waals surface area contributed by atoms with Crippen LogP contribution in [0.5, 0.6) is 0 Å². The number of piperidine rings is 1. The highest BCUT2D eigenvalue weighted by Crippen LogP contribution is 2.57. The van der Waals surface area contributed by atoms with Crippen LogP contribution in [-0.4, -0.2) is 64.4 Å². The number of nitrogens with zero attached hydrogens (tertiary/aromatic N) is 5. The van der Waals surface area contributed by atoms with Gasteiger partial charge in [0.1, 0.15) is 11.5 Å². The highest BCUT2D eigenvalue weighted by Gasteiger charge is 2.53. The van der Waals surface area contributed by atoms with Crippen LogP contribution in [0.1, 0.15) is 58.0 Å². The average molecular weight is 493 g/mol. The number of halogens is 1. The molecule has 182 valence electrons. The second-order valence-electron chi connectivity index (χ2n) is 10.3. The van der Waals surface area contributed by atoms with Crippen molar-refractivity contribution in [1.82, 2.24) is 24.8 Å². The number of thiophene rings is 1. The Balaban J connectivity index is 1.27. The van der Waals surface area contributed by atoms with Gasteiger partial charge >= 0.3 is 0 Å². The van der Waals surface area contributed by atoms with Crippen molar-refractivity contribution in [2.75, 3.05) is 39.0 Å². The first-order valence-electron chi connectivity index (χ1n) is 12.2. The molecule has 0 radical (unpaired) electrons. The summed E-state index contributed by atoms with van der Waals surface area (Å²) in [6, 6.07) is 4.03. The Kier molecular flexibility index (Phi) is 5.37. The van der Waals surface area contributed by atoms with Crippen molar-refractivity contribution >= 4 is 29.0 Å². The van der Waals surface area contributed by atoms with Crippen LogP contribution in [0, 0.1) is 12.7 Å². The number of fused-ring (bicyclic) bond motifs is 2. The van der Waals surface area contributed by atoms with Gasteiger partial charge in [0.25, 0.3) is 5.91 Å². The van der Waals surface area contributed by atoms with E-state index in [-0.39, 0.29) is 23.0 Å². The molecule has 1 amide bonds. The first-order valence-corrected chi connectivity index (χ1v) is 13.0. The average Bonchev–Trinajstić information content (AvgIpc) is 3.53. The van der Waals surface area contributed by atoms with Crippen LogP contribution in [0.2, 0.25) is 0 Å². The topological polar surface area (TPSA) is 74.2 Å². The summed E-state index contributed by atoms with van der Waals surface area (Å²) in [4.78, 5) is 32.1. The fraction of sp³-hybridized carbons (Fsp3) is 0.462. The minimum atomic E-state index is -0.492. The number of hydrogen-bond donors (Lipinski definition) is 1. The SMILES string of the molecule is Cc1c(-c2nc(Nc3ccc(C4CCN(C)CC4)cn3)ncc2F)sc2c1C(=O)N(C)CC21CC1. The van der Waals surface area contributed by atoms with Crippen LogP contribution in [0.25, 0.3) is 10.6 Å². The molecule has 0 aromatic carbocycles. The third kappa shape index (κ3) is 3.90. The molecule has 0 atom stereocenters. The van der Waals surface area contributed by atoms with Gasteiger partial charge in [-0.05, 0) is 75.9 Å². The van der Waals surface area contributed by atoms with Gasteiger partial charge in [0.15, 0.2) is 5.82 Å². The smallest absolute Gasteiger partial charge is 0.255 e. The Hall–Kier alpha value is -2.91. The molecule has 2 fully saturated rings. The molecule has 0 unspecified atom stereocenters. The molecule has 1 N–H and O–H groups in total. The second kappa shape index (κ2) is 8.34. The van der Waals surface area contributed by atoms with Crippen LogP contribution >= 0.6 is 11.3 Å². The number of carbonyl (C=O) groups is 1. The predicted octanol–water partition coefficient (Wildman–Crippen LogP) is 4.72. The Labute approximate surface area is 208 Å². The minimum absolute atomic E-state index is 0.0132. The van der Waals surface area contributed by atoms with Crippen LogP contribution in [0.15, 0.2) is 24.5 Å². The molecule has 35 heavy (non-hydrogen) atoms. The summed E-state index contributed by atoms with van der Waals surface area (Å²) >= 11 is 1.51. The number of rotatable bonds is 4. The maximum Gasteiger partial charge on any atom is 0.255 e. The molecule has 5 heterocycles. The minimum Gasteiger partial charge on any atom is -0.341 e. The van der Waals surface area contributed by atoms with Crippen LogP contribution < -0.4 is 5.32 Å². The lowest BCUT2D eigenvalue weighted by Crippen LogP contribution is -2.40. The number of aromatic nitrogens is 3. The van der Waals surface area contributed by atoms with Gasteiger partial charge in [0.2, 0.25) is 5.95 Å². The highest BCUT2D eigenvalue weighted by atomic mass is 32.1. The van der Waals surface area contributed by atoms with E-state index in [0.29, 0.717) is 16.6 Å². The summed E-state index contributed by atoms with van der Waals surface area (Å²) in [6.07, 6.45) is 7.51. The lowest BCUT2D eigenvalue weighted by molar-refractivity contribution is 0.0760. The molecule has 1 spiro atoms. The fourth-order valence-electron chi connectivity index (χ4n) is 5.46. The van der Waals surface area contributed by atoms with Gasteiger partial charge in [0, 0.05) is 30.1 Å². The van der Waals surface area contributed by atoms with Crippen LogP contribution in [-0.2, 0) is 5.41 Å². The zero-order valence-corrected chi connectivity index (χ0v) is 21.1. The summed E-state index contributed by atoms with van der Waals surface area (Å²) < 4.78 is 14.9. The van der Waals surface area contributed by atoms with Crippen molar-refractivity contribution in [1.29, 1.82) is 0 Å². The van der Waals surface area contributed by atoms with Gasteiger partial charge in [-0.2, -0.15) is 0 Å². The quantitative estimate of drug-likeness (QED) is 0.568. The van der Waals surface area contributed by atoms with Crippen molar-refractivity contribution in [3.63, 3.8) is 0 Å². The maximum atomic E-state index is 14.9. The lowest BCUT2D eigenvalue weighted by Gasteiger charge is -2.30. The number of likely N-dealkylation sites (tertiary alicyclic amines) is 1. The standard InChI is InChI=1S/C26H29FN6OS/c1-15-20-23(26(8-9-26)14-33(3)24(20)34)35-22(15)21-18(27)13-29-25(31-21)30-19-5-4-17(12-28-19)16-6-10-32(2)11-7-16/h4-5,12-13,16H,6-11,14H2,1-3H3,(H,28,29,30,31). The number of anilines is 2. The Morgan fingerprint density at radius 3 is 2.60 bits per heavy atom. The largest absolute Gasteiger partial charge is 0.341 e. The summed E-state index contributed by atoms with van der Waals surface area (Å²) in [5.74, 6) is 0.963. The van der Waals surface area contributed by atoms with Crippen molar-refractivity contribution in [2.45, 2.75) is 43.9 Å². The number of likely N-dealkylation sites (N-methyl/N-ethyl adjacent to an activating group) is 1. The van der Waals surface area contributed by atoms with Gasteiger partial charge in [-0.25, -0.2) is 19.3 Å². The third-order valence-corrected chi connectivity index (χ3v) is 9.30. The lowest BCUT2D eigenvalue weighted by atomic mass is 9.91. The monoisotopic (exact) mass is 492 g/mol. The molecule has 6 rings (SSSR count). The summed E-state index contributed by atoms with van der Waals surface area (Å²) in [7, 11) is 4.01. The molecule has 1 saturated carbocycles. The van der Waals surface area contributed by atoms with Gasteiger partial charge < -0.3 is 15.1 Å². The number of amides is 1. The van der Waals surface area contributed by atoms with Crippen molar-refractivity contribution in [2.24, 2.45) is 0 Å². The van der Waals surface area contributed by atoms with Gasteiger partial charge in [-0.3, -0.25) is 4.79 Å². The van der Waals surface area contributed by atoms with Crippen LogP contribution in [0.4, 0.5) is 16.2 Å². The molecule has 7 nitrogen and oxygen atoms in total. The van der Waals surface area contributed by atoms with Gasteiger partial charge in [-0.15, -0.1) is 11.3 Å². The zero-order chi connectivity index (χ0) is 24.3. The zero-order valence-electron chi connectivity index (χ0n) is 20.3. The van der Waals surface area contributed by atoms with Crippen molar-refractivity contribution < 1.29 is 9.18 Å². The summed E-state index contributed by atoms with van der Waals surface area (Å²) in [6.45, 7) is 4.84. The summed E-state index contributed by atoms with van der Waals surface area (Å²) in [5.41, 5.74) is 3.05. The van der Waals surface area contributed by atoms with Crippen molar-refractivity contribution in [3.8, 4) is 10.6 Å².